The molecule has 2 aliphatic rings. The van der Waals surface area contributed by atoms with Crippen LogP contribution in [0.25, 0.3) is 0 Å². The zero-order chi connectivity index (χ0) is 16.1. The summed E-state index contributed by atoms with van der Waals surface area (Å²) in [5.74, 6) is 1.50. The molecule has 3 rings (SSSR count). The third kappa shape index (κ3) is 4.14. The number of nitrogens with one attached hydrogen (secondary N) is 1. The summed E-state index contributed by atoms with van der Waals surface area (Å²) in [6.45, 7) is 2.25. The Labute approximate surface area is 136 Å². The number of fused-ring (bicyclic) bond motifs is 1. The second-order valence-corrected chi connectivity index (χ2v) is 6.10. The van der Waals surface area contributed by atoms with Crippen LogP contribution in [0.4, 0.5) is 0 Å². The van der Waals surface area contributed by atoms with E-state index in [1.807, 2.05) is 18.2 Å². The van der Waals surface area contributed by atoms with Gasteiger partial charge in [-0.15, -0.1) is 0 Å². The van der Waals surface area contributed by atoms with Crippen molar-refractivity contribution in [3.8, 4) is 11.5 Å². The van der Waals surface area contributed by atoms with Gasteiger partial charge in [-0.25, -0.2) is 0 Å². The smallest absolute Gasteiger partial charge is 0.234 e. The largest absolute Gasteiger partial charge is 0.454 e. The zero-order valence-corrected chi connectivity index (χ0v) is 13.3. The van der Waals surface area contributed by atoms with Crippen LogP contribution >= 0.6 is 0 Å². The number of ether oxygens (including phenoxy) is 2. The molecular formula is C17H24N2O4. The standard InChI is InChI=1S/C17H24N2O4/c20-8-6-14-3-1-2-7-19(14)11-17(21)18-10-13-4-5-15-16(9-13)23-12-22-15/h4-5,9,14,20H,1-3,6-8,10-12H2,(H,18,21). The number of likely N-dealkylation sites (tertiary alicyclic amines) is 1. The number of hydrogen-bond acceptors (Lipinski definition) is 5. The first kappa shape index (κ1) is 16.1. The van der Waals surface area contributed by atoms with E-state index in [2.05, 4.69) is 10.2 Å². The number of piperidine rings is 1. The lowest BCUT2D eigenvalue weighted by molar-refractivity contribution is -0.123. The highest BCUT2D eigenvalue weighted by atomic mass is 16.7. The number of amides is 1. The maximum absolute atomic E-state index is 12.2. The van der Waals surface area contributed by atoms with Crippen LogP contribution in [0.5, 0.6) is 11.5 Å². The van der Waals surface area contributed by atoms with Crippen molar-refractivity contribution in [3.63, 3.8) is 0 Å². The predicted octanol–water partition coefficient (Wildman–Crippen LogP) is 1.27. The molecule has 1 amide bonds. The molecule has 2 aliphatic heterocycles. The van der Waals surface area contributed by atoms with E-state index in [0.29, 0.717) is 19.1 Å². The fourth-order valence-corrected chi connectivity index (χ4v) is 3.24. The van der Waals surface area contributed by atoms with Gasteiger partial charge in [0.25, 0.3) is 0 Å². The molecule has 0 spiro atoms. The van der Waals surface area contributed by atoms with Crippen molar-refractivity contribution >= 4 is 5.91 Å². The molecule has 0 aliphatic carbocycles. The van der Waals surface area contributed by atoms with E-state index >= 15 is 0 Å². The zero-order valence-electron chi connectivity index (χ0n) is 13.3. The van der Waals surface area contributed by atoms with E-state index in [1.54, 1.807) is 0 Å². The van der Waals surface area contributed by atoms with Gasteiger partial charge in [0.05, 0.1) is 6.54 Å². The molecule has 23 heavy (non-hydrogen) atoms. The van der Waals surface area contributed by atoms with Gasteiger partial charge in [-0.2, -0.15) is 0 Å². The summed E-state index contributed by atoms with van der Waals surface area (Å²) in [5, 5.41) is 12.1. The number of carbonyl (C=O) groups excluding carboxylic acids is 1. The molecule has 1 fully saturated rings. The highest BCUT2D eigenvalue weighted by Crippen LogP contribution is 2.32. The maximum Gasteiger partial charge on any atom is 0.234 e. The molecule has 1 atom stereocenters. The lowest BCUT2D eigenvalue weighted by atomic mass is 10.00. The predicted molar refractivity (Wildman–Crippen MR) is 85.3 cm³/mol. The molecule has 6 heteroatoms. The molecule has 0 radical (unpaired) electrons. The molecule has 1 saturated heterocycles. The molecule has 0 bridgehead atoms. The average Bonchev–Trinajstić information content (AvgIpc) is 3.03. The summed E-state index contributed by atoms with van der Waals surface area (Å²) in [7, 11) is 0. The van der Waals surface area contributed by atoms with Crippen LogP contribution in [0.15, 0.2) is 18.2 Å². The number of benzene rings is 1. The fourth-order valence-electron chi connectivity index (χ4n) is 3.24. The van der Waals surface area contributed by atoms with E-state index in [0.717, 1.165) is 42.9 Å². The molecular weight excluding hydrogens is 296 g/mol. The van der Waals surface area contributed by atoms with Gasteiger partial charge >= 0.3 is 0 Å². The second-order valence-electron chi connectivity index (χ2n) is 6.10. The Morgan fingerprint density at radius 3 is 3.04 bits per heavy atom. The second kappa shape index (κ2) is 7.66. The van der Waals surface area contributed by atoms with Gasteiger partial charge in [-0.1, -0.05) is 12.5 Å². The number of nitrogens with zero attached hydrogens (tertiary/aromatic N) is 1. The molecule has 126 valence electrons. The van der Waals surface area contributed by atoms with Crippen LogP contribution in [0.2, 0.25) is 0 Å². The van der Waals surface area contributed by atoms with Crippen molar-refractivity contribution in [2.24, 2.45) is 0 Å². The number of aliphatic hydroxyl groups excluding tert-OH is 1. The van der Waals surface area contributed by atoms with Gasteiger partial charge < -0.3 is 19.9 Å². The third-order valence-electron chi connectivity index (χ3n) is 4.48. The van der Waals surface area contributed by atoms with Gasteiger partial charge in [0.1, 0.15) is 0 Å². The van der Waals surface area contributed by atoms with Crippen LogP contribution in [0.3, 0.4) is 0 Å². The monoisotopic (exact) mass is 320 g/mol. The topological polar surface area (TPSA) is 71.0 Å². The minimum Gasteiger partial charge on any atom is -0.454 e. The van der Waals surface area contributed by atoms with Gasteiger partial charge in [0.2, 0.25) is 12.7 Å². The van der Waals surface area contributed by atoms with E-state index in [1.165, 1.54) is 6.42 Å². The first-order valence-electron chi connectivity index (χ1n) is 8.26. The van der Waals surface area contributed by atoms with Crippen LogP contribution < -0.4 is 14.8 Å². The van der Waals surface area contributed by atoms with Crippen LogP contribution in [0.1, 0.15) is 31.2 Å². The molecule has 0 saturated carbocycles. The number of rotatable bonds is 6. The quantitative estimate of drug-likeness (QED) is 0.826. The highest BCUT2D eigenvalue weighted by molar-refractivity contribution is 5.78. The first-order valence-corrected chi connectivity index (χ1v) is 8.26. The molecule has 6 nitrogen and oxygen atoms in total. The van der Waals surface area contributed by atoms with Crippen LogP contribution in [-0.2, 0) is 11.3 Å². The van der Waals surface area contributed by atoms with Gasteiger partial charge in [0.15, 0.2) is 11.5 Å². The van der Waals surface area contributed by atoms with E-state index in [-0.39, 0.29) is 19.3 Å². The van der Waals surface area contributed by atoms with Crippen molar-refractivity contribution < 1.29 is 19.4 Å². The summed E-state index contributed by atoms with van der Waals surface area (Å²) < 4.78 is 10.6. The van der Waals surface area contributed by atoms with E-state index in [4.69, 9.17) is 14.6 Å². The van der Waals surface area contributed by atoms with Gasteiger partial charge in [-0.3, -0.25) is 9.69 Å². The van der Waals surface area contributed by atoms with E-state index in [9.17, 15) is 4.79 Å². The highest BCUT2D eigenvalue weighted by Gasteiger charge is 2.23. The summed E-state index contributed by atoms with van der Waals surface area (Å²) in [6, 6.07) is 6.03. The van der Waals surface area contributed by atoms with Crippen LogP contribution in [0, 0.1) is 0 Å². The minimum atomic E-state index is 0.0208. The van der Waals surface area contributed by atoms with Crippen molar-refractivity contribution in [2.75, 3.05) is 26.5 Å². The van der Waals surface area contributed by atoms with Crippen molar-refractivity contribution in [1.82, 2.24) is 10.2 Å². The lowest BCUT2D eigenvalue weighted by Gasteiger charge is -2.34. The first-order chi connectivity index (χ1) is 11.3. The Bertz CT molecular complexity index is 547. The Hall–Kier alpha value is -1.79. The lowest BCUT2D eigenvalue weighted by Crippen LogP contribution is -2.45. The summed E-state index contributed by atoms with van der Waals surface area (Å²) in [6.07, 6.45) is 4.11. The third-order valence-corrected chi connectivity index (χ3v) is 4.48. The molecule has 0 aromatic heterocycles. The summed E-state index contributed by atoms with van der Waals surface area (Å²) in [5.41, 5.74) is 0.994. The Morgan fingerprint density at radius 2 is 2.17 bits per heavy atom. The number of aliphatic hydroxyl groups is 1. The number of carbonyl (C=O) groups is 1. The molecule has 1 aromatic rings. The normalized spacial score (nSPS) is 20.5. The van der Waals surface area contributed by atoms with Crippen molar-refractivity contribution in [1.29, 1.82) is 0 Å². The molecule has 2 N–H and O–H groups in total. The Kier molecular flexibility index (Phi) is 5.35. The van der Waals surface area contributed by atoms with Crippen molar-refractivity contribution in [2.45, 2.75) is 38.3 Å². The summed E-state index contributed by atoms with van der Waals surface area (Å²) in [4.78, 5) is 14.4. The van der Waals surface area contributed by atoms with Crippen LogP contribution in [-0.4, -0.2) is 48.4 Å². The Morgan fingerprint density at radius 1 is 1.30 bits per heavy atom. The van der Waals surface area contributed by atoms with Crippen molar-refractivity contribution in [3.05, 3.63) is 23.8 Å². The van der Waals surface area contributed by atoms with E-state index < -0.39 is 0 Å². The maximum atomic E-state index is 12.2. The molecule has 2 heterocycles. The SMILES string of the molecule is O=C(CN1CCCCC1CCO)NCc1ccc2c(c1)OCO2. The fraction of sp³-hybridized carbons (Fsp3) is 0.588. The summed E-state index contributed by atoms with van der Waals surface area (Å²) >= 11 is 0. The van der Waals surface area contributed by atoms with Gasteiger partial charge in [0, 0.05) is 19.2 Å². The number of hydrogen-bond donors (Lipinski definition) is 2. The van der Waals surface area contributed by atoms with Gasteiger partial charge in [-0.05, 0) is 43.5 Å². The average molecular weight is 320 g/mol. The molecule has 1 aromatic carbocycles. The Balaban J connectivity index is 1.49. The molecule has 1 unspecified atom stereocenters. The minimum absolute atomic E-state index is 0.0208.